The summed E-state index contributed by atoms with van der Waals surface area (Å²) in [5.41, 5.74) is 3.84. The maximum absolute atomic E-state index is 15.0. The maximum atomic E-state index is 15.0. The fraction of sp³-hybridized carbons (Fsp3) is 0.276. The van der Waals surface area contributed by atoms with Crippen molar-refractivity contribution in [1.29, 1.82) is 0 Å². The number of rotatable bonds is 5. The quantitative estimate of drug-likeness (QED) is 0.356. The molecule has 3 aromatic heterocycles. The van der Waals surface area contributed by atoms with E-state index in [1.807, 2.05) is 24.3 Å². The van der Waals surface area contributed by atoms with E-state index in [9.17, 15) is 9.90 Å². The average Bonchev–Trinajstić information content (AvgIpc) is 3.37. The van der Waals surface area contributed by atoms with Gasteiger partial charge in [0.05, 0.1) is 35.3 Å². The molecule has 192 valence electrons. The molecule has 1 aliphatic carbocycles. The Hall–Kier alpha value is -4.24. The molecule has 5 aromatic rings. The molecule has 0 bridgehead atoms. The second-order valence-corrected chi connectivity index (χ2v) is 9.89. The van der Waals surface area contributed by atoms with Crippen LogP contribution in [0.5, 0.6) is 0 Å². The van der Waals surface area contributed by atoms with Gasteiger partial charge in [-0.1, -0.05) is 25.1 Å². The van der Waals surface area contributed by atoms with E-state index in [0.29, 0.717) is 42.7 Å². The second-order valence-electron chi connectivity index (χ2n) is 9.89. The number of nitrogens with zero attached hydrogens (tertiary/aromatic N) is 5. The lowest BCUT2D eigenvalue weighted by atomic mass is 9.93. The predicted octanol–water partition coefficient (Wildman–Crippen LogP) is 4.66. The van der Waals surface area contributed by atoms with Gasteiger partial charge in [-0.3, -0.25) is 9.78 Å². The molecule has 0 saturated heterocycles. The molecule has 0 spiro atoms. The van der Waals surface area contributed by atoms with Crippen LogP contribution in [0.4, 0.5) is 4.39 Å². The molecule has 1 aliphatic rings. The highest BCUT2D eigenvalue weighted by atomic mass is 19.1. The monoisotopic (exact) mass is 510 g/mol. The molecule has 9 heteroatoms. The molecule has 6 rings (SSSR count). The van der Waals surface area contributed by atoms with Crippen LogP contribution in [0.25, 0.3) is 27.9 Å². The van der Waals surface area contributed by atoms with Crippen molar-refractivity contribution in [2.24, 2.45) is 0 Å². The number of aromatic nitrogens is 5. The summed E-state index contributed by atoms with van der Waals surface area (Å²) in [6.07, 6.45) is 7.42. The molecule has 8 nitrogen and oxygen atoms in total. The number of fused-ring (bicyclic) bond motifs is 2. The third-order valence-electron chi connectivity index (χ3n) is 7.37. The Balaban J connectivity index is 1.26. The minimum Gasteiger partial charge on any atom is -0.393 e. The summed E-state index contributed by atoms with van der Waals surface area (Å²) in [6.45, 7) is 2.08. The number of carbonyl (C=O) groups is 1. The standard InChI is InChI=1S/C29H27FN6O2/c1-17(18-5-11-25-19(13-18)3-2-12-31-25)27-16-33-29-32-15-26(35-36(27)29)20-4-10-23(24(30)14-20)28(38)34-21-6-8-22(37)9-7-21/h2-5,10-17,21-22,37H,6-9H2,1H3,(H,34,38). The van der Waals surface area contributed by atoms with Gasteiger partial charge in [-0.15, -0.1) is 0 Å². The molecule has 3 heterocycles. The number of carbonyl (C=O) groups excluding carboxylic acids is 1. The molecule has 1 fully saturated rings. The highest BCUT2D eigenvalue weighted by Crippen LogP contribution is 2.28. The van der Waals surface area contributed by atoms with E-state index in [4.69, 9.17) is 5.10 Å². The number of amides is 1. The van der Waals surface area contributed by atoms with E-state index in [1.54, 1.807) is 29.2 Å². The minimum atomic E-state index is -0.623. The molecule has 1 atom stereocenters. The SMILES string of the molecule is CC(c1ccc2ncccc2c1)c1cnc2ncc(-c3ccc(C(=O)NC4CCC(O)CC4)c(F)c3)nn12. The highest BCUT2D eigenvalue weighted by Gasteiger charge is 2.23. The van der Waals surface area contributed by atoms with Crippen molar-refractivity contribution in [3.8, 4) is 11.3 Å². The van der Waals surface area contributed by atoms with Crippen LogP contribution in [0, 0.1) is 5.82 Å². The summed E-state index contributed by atoms with van der Waals surface area (Å²) in [5, 5.41) is 18.3. The molecule has 38 heavy (non-hydrogen) atoms. The summed E-state index contributed by atoms with van der Waals surface area (Å²) in [4.78, 5) is 25.9. The number of imidazole rings is 1. The average molecular weight is 511 g/mol. The van der Waals surface area contributed by atoms with E-state index >= 15 is 4.39 Å². The first-order valence-corrected chi connectivity index (χ1v) is 12.8. The van der Waals surface area contributed by atoms with Crippen LogP contribution in [-0.2, 0) is 0 Å². The molecular formula is C29H27FN6O2. The van der Waals surface area contributed by atoms with Crippen molar-refractivity contribution in [3.63, 3.8) is 0 Å². The molecule has 1 unspecified atom stereocenters. The summed E-state index contributed by atoms with van der Waals surface area (Å²) < 4.78 is 16.7. The molecule has 2 N–H and O–H groups in total. The third kappa shape index (κ3) is 4.61. The lowest BCUT2D eigenvalue weighted by molar-refractivity contribution is 0.0864. The number of aliphatic hydroxyl groups excluding tert-OH is 1. The number of hydrogen-bond donors (Lipinski definition) is 2. The van der Waals surface area contributed by atoms with Crippen molar-refractivity contribution in [1.82, 2.24) is 29.9 Å². The molecular weight excluding hydrogens is 483 g/mol. The smallest absolute Gasteiger partial charge is 0.254 e. The second kappa shape index (κ2) is 9.90. The van der Waals surface area contributed by atoms with E-state index < -0.39 is 11.7 Å². The zero-order chi connectivity index (χ0) is 26.2. The van der Waals surface area contributed by atoms with Crippen molar-refractivity contribution >= 4 is 22.6 Å². The molecule has 1 amide bonds. The summed E-state index contributed by atoms with van der Waals surface area (Å²) >= 11 is 0. The Morgan fingerprint density at radius 1 is 1.05 bits per heavy atom. The van der Waals surface area contributed by atoms with Crippen LogP contribution in [-0.4, -0.2) is 47.7 Å². The Kier molecular flexibility index (Phi) is 6.29. The fourth-order valence-electron chi connectivity index (χ4n) is 5.10. The van der Waals surface area contributed by atoms with Gasteiger partial charge in [0, 0.05) is 29.1 Å². The van der Waals surface area contributed by atoms with E-state index in [-0.39, 0.29) is 23.6 Å². The lowest BCUT2D eigenvalue weighted by Crippen LogP contribution is -2.38. The number of pyridine rings is 1. The Morgan fingerprint density at radius 3 is 2.68 bits per heavy atom. The first-order chi connectivity index (χ1) is 18.5. The molecule has 0 radical (unpaired) electrons. The van der Waals surface area contributed by atoms with Gasteiger partial charge in [0.2, 0.25) is 0 Å². The first-order valence-electron chi connectivity index (χ1n) is 12.8. The normalized spacial score (nSPS) is 18.5. The highest BCUT2D eigenvalue weighted by molar-refractivity contribution is 5.95. The lowest BCUT2D eigenvalue weighted by Gasteiger charge is -2.26. The van der Waals surface area contributed by atoms with Gasteiger partial charge in [-0.2, -0.15) is 5.10 Å². The van der Waals surface area contributed by atoms with Gasteiger partial charge < -0.3 is 10.4 Å². The predicted molar refractivity (Wildman–Crippen MR) is 141 cm³/mol. The zero-order valence-electron chi connectivity index (χ0n) is 20.9. The van der Waals surface area contributed by atoms with Gasteiger partial charge in [-0.25, -0.2) is 18.9 Å². The van der Waals surface area contributed by atoms with Gasteiger partial charge in [0.15, 0.2) is 0 Å². The Labute approximate surface area is 218 Å². The van der Waals surface area contributed by atoms with Crippen molar-refractivity contribution in [2.75, 3.05) is 0 Å². The first kappa shape index (κ1) is 24.1. The largest absolute Gasteiger partial charge is 0.393 e. The van der Waals surface area contributed by atoms with E-state index in [0.717, 1.165) is 22.2 Å². The maximum Gasteiger partial charge on any atom is 0.254 e. The Morgan fingerprint density at radius 2 is 1.87 bits per heavy atom. The topological polar surface area (TPSA) is 105 Å². The number of hydrogen-bond acceptors (Lipinski definition) is 6. The summed E-state index contributed by atoms with van der Waals surface area (Å²) in [7, 11) is 0. The van der Waals surface area contributed by atoms with Crippen LogP contribution in [0.1, 0.15) is 60.1 Å². The number of nitrogens with one attached hydrogen (secondary N) is 1. The minimum absolute atomic E-state index is 0.0170. The fourth-order valence-corrected chi connectivity index (χ4v) is 5.10. The zero-order valence-corrected chi connectivity index (χ0v) is 20.9. The summed E-state index contributed by atoms with van der Waals surface area (Å²) in [5.74, 6) is -0.648. The molecule has 0 aliphatic heterocycles. The van der Waals surface area contributed by atoms with Gasteiger partial charge in [0.25, 0.3) is 11.7 Å². The van der Waals surface area contributed by atoms with Crippen LogP contribution < -0.4 is 5.32 Å². The van der Waals surface area contributed by atoms with Gasteiger partial charge >= 0.3 is 0 Å². The van der Waals surface area contributed by atoms with Crippen LogP contribution in [0.3, 0.4) is 0 Å². The Bertz CT molecular complexity index is 1640. The van der Waals surface area contributed by atoms with Gasteiger partial charge in [0.1, 0.15) is 11.5 Å². The summed E-state index contributed by atoms with van der Waals surface area (Å²) in [6, 6.07) is 14.5. The van der Waals surface area contributed by atoms with Crippen molar-refractivity contribution < 1.29 is 14.3 Å². The number of aliphatic hydroxyl groups is 1. The van der Waals surface area contributed by atoms with Crippen LogP contribution in [0.15, 0.2) is 67.1 Å². The van der Waals surface area contributed by atoms with Crippen molar-refractivity contribution in [3.05, 3.63) is 89.8 Å². The molecule has 2 aromatic carbocycles. The molecule has 1 saturated carbocycles. The van der Waals surface area contributed by atoms with Gasteiger partial charge in [-0.05, 0) is 61.6 Å². The van der Waals surface area contributed by atoms with Crippen LogP contribution >= 0.6 is 0 Å². The van der Waals surface area contributed by atoms with E-state index in [2.05, 4.69) is 33.3 Å². The number of benzene rings is 2. The number of halogens is 1. The third-order valence-corrected chi connectivity index (χ3v) is 7.37. The van der Waals surface area contributed by atoms with Crippen LogP contribution in [0.2, 0.25) is 0 Å². The van der Waals surface area contributed by atoms with Crippen molar-refractivity contribution in [2.45, 2.75) is 50.7 Å². The van der Waals surface area contributed by atoms with E-state index in [1.165, 1.54) is 12.1 Å².